The molecule has 0 saturated carbocycles. The number of ketones is 1. The molecule has 6 rings (SSSR count). The van der Waals surface area contributed by atoms with Crippen LogP contribution in [-0.2, 0) is 17.9 Å². The minimum Gasteiger partial charge on any atom is -0.445 e. The number of benzene rings is 3. The number of nitrogens with one attached hydrogen (secondary N) is 1. The van der Waals surface area contributed by atoms with Crippen molar-refractivity contribution < 1.29 is 14.3 Å². The highest BCUT2D eigenvalue weighted by molar-refractivity contribution is 6.27. The molecule has 0 unspecified atom stereocenters. The number of likely N-dealkylation sites (N-methyl/N-ethyl adjacent to an activating group) is 1. The van der Waals surface area contributed by atoms with Crippen molar-refractivity contribution in [3.8, 4) is 11.3 Å². The Morgan fingerprint density at radius 2 is 1.61 bits per heavy atom. The Hall–Kier alpha value is -3.92. The van der Waals surface area contributed by atoms with Gasteiger partial charge in [0.15, 0.2) is 5.78 Å². The third kappa shape index (κ3) is 6.45. The lowest BCUT2D eigenvalue weighted by Gasteiger charge is -2.34. The first-order valence-corrected chi connectivity index (χ1v) is 15.4. The van der Waals surface area contributed by atoms with Crippen molar-refractivity contribution in [1.82, 2.24) is 24.5 Å². The van der Waals surface area contributed by atoms with Crippen molar-refractivity contribution >= 4 is 40.9 Å². The van der Waals surface area contributed by atoms with Crippen LogP contribution in [0.5, 0.6) is 0 Å². The third-order valence-electron chi connectivity index (χ3n) is 8.67. The Bertz CT molecular complexity index is 1600. The van der Waals surface area contributed by atoms with Crippen molar-refractivity contribution in [2.24, 2.45) is 0 Å². The van der Waals surface area contributed by atoms with Crippen LogP contribution >= 0.6 is 12.4 Å². The number of carbonyl (C=O) groups is 2. The lowest BCUT2D eigenvalue weighted by molar-refractivity contribution is 0.0726. The Morgan fingerprint density at radius 3 is 2.34 bits per heavy atom. The molecule has 1 aliphatic heterocycles. The van der Waals surface area contributed by atoms with Crippen molar-refractivity contribution in [3.05, 3.63) is 83.4 Å². The van der Waals surface area contributed by atoms with Gasteiger partial charge in [0.25, 0.3) is 0 Å². The normalized spacial score (nSPS) is 14.4. The van der Waals surface area contributed by atoms with Gasteiger partial charge >= 0.3 is 6.09 Å². The van der Waals surface area contributed by atoms with Crippen LogP contribution in [0.15, 0.2) is 66.7 Å². The van der Waals surface area contributed by atoms with Crippen molar-refractivity contribution in [1.29, 1.82) is 0 Å². The second-order valence-electron chi connectivity index (χ2n) is 11.2. The molecular weight excluding hydrogens is 576 g/mol. The molecule has 232 valence electrons. The topological polar surface area (TPSA) is 82.9 Å². The van der Waals surface area contributed by atoms with E-state index in [9.17, 15) is 9.59 Å². The summed E-state index contributed by atoms with van der Waals surface area (Å²) in [6.45, 7) is 12.6. The number of carbonyl (C=O) groups excluding carboxylic acids is 2. The zero-order chi connectivity index (χ0) is 29.8. The molecule has 3 aromatic carbocycles. The minimum atomic E-state index is -0.263. The number of halogens is 1. The van der Waals surface area contributed by atoms with E-state index in [0.29, 0.717) is 30.8 Å². The molecule has 2 aliphatic rings. The Labute approximate surface area is 265 Å². The molecule has 4 aromatic rings. The smallest absolute Gasteiger partial charge is 0.410 e. The molecule has 0 atom stereocenters. The maximum atomic E-state index is 13.8. The van der Waals surface area contributed by atoms with Crippen molar-refractivity contribution in [2.75, 3.05) is 64.2 Å². The fraction of sp³-hybridized carbons (Fsp3) is 0.382. The van der Waals surface area contributed by atoms with Gasteiger partial charge < -0.3 is 19.9 Å². The first kappa shape index (κ1) is 31.5. The van der Waals surface area contributed by atoms with Crippen LogP contribution in [0.25, 0.3) is 22.2 Å². The second kappa shape index (κ2) is 14.2. The molecule has 1 N–H and O–H groups in total. The minimum absolute atomic E-state index is 0. The van der Waals surface area contributed by atoms with E-state index in [1.165, 1.54) is 0 Å². The highest BCUT2D eigenvalue weighted by Crippen LogP contribution is 2.41. The number of rotatable bonds is 11. The lowest BCUT2D eigenvalue weighted by atomic mass is 9.86. The molecular formula is C34H41ClN6O3. The maximum absolute atomic E-state index is 13.8. The Kier molecular flexibility index (Phi) is 10.2. The fourth-order valence-corrected chi connectivity index (χ4v) is 6.12. The zero-order valence-electron chi connectivity index (χ0n) is 25.5. The van der Waals surface area contributed by atoms with E-state index in [1.54, 1.807) is 4.90 Å². The third-order valence-corrected chi connectivity index (χ3v) is 8.67. The summed E-state index contributed by atoms with van der Waals surface area (Å²) in [5.41, 5.74) is 6.04. The number of fused-ring (bicyclic) bond motifs is 2. The molecule has 2 heterocycles. The zero-order valence-corrected chi connectivity index (χ0v) is 26.3. The van der Waals surface area contributed by atoms with E-state index >= 15 is 0 Å². The van der Waals surface area contributed by atoms with Crippen LogP contribution in [-0.4, -0.2) is 95.3 Å². The van der Waals surface area contributed by atoms with Crippen molar-refractivity contribution in [3.63, 3.8) is 0 Å². The lowest BCUT2D eigenvalue weighted by Crippen LogP contribution is -2.49. The van der Waals surface area contributed by atoms with Gasteiger partial charge in [-0.1, -0.05) is 68.4 Å². The van der Waals surface area contributed by atoms with Crippen LogP contribution in [0.2, 0.25) is 0 Å². The molecule has 10 heteroatoms. The fourth-order valence-electron chi connectivity index (χ4n) is 6.12. The average molecular weight is 617 g/mol. The number of ether oxygens (including phenoxy) is 1. The van der Waals surface area contributed by atoms with Crippen LogP contribution in [0, 0.1) is 0 Å². The van der Waals surface area contributed by atoms with Crippen LogP contribution in [0.3, 0.4) is 0 Å². The number of amides is 1. The first-order valence-electron chi connectivity index (χ1n) is 15.4. The van der Waals surface area contributed by atoms with Gasteiger partial charge in [-0.15, -0.1) is 12.4 Å². The summed E-state index contributed by atoms with van der Waals surface area (Å²) in [5, 5.41) is 9.55. The van der Waals surface area contributed by atoms with E-state index in [-0.39, 0.29) is 30.9 Å². The number of hydrogen-bond acceptors (Lipinski definition) is 7. The molecule has 44 heavy (non-hydrogen) atoms. The highest BCUT2D eigenvalue weighted by Gasteiger charge is 2.31. The molecule has 9 nitrogen and oxygen atoms in total. The molecule has 1 saturated heterocycles. The second-order valence-corrected chi connectivity index (χ2v) is 11.2. The van der Waals surface area contributed by atoms with Crippen LogP contribution in [0.4, 0.5) is 10.5 Å². The number of anilines is 1. The number of hydrogen-bond donors (Lipinski definition) is 1. The number of aromatic nitrogens is 2. The Morgan fingerprint density at radius 1 is 0.909 bits per heavy atom. The first-order chi connectivity index (χ1) is 21.1. The Balaban J connectivity index is 0.00000384. The summed E-state index contributed by atoms with van der Waals surface area (Å²) >= 11 is 0. The van der Waals surface area contributed by atoms with E-state index in [0.717, 1.165) is 79.2 Å². The predicted molar refractivity (Wildman–Crippen MR) is 177 cm³/mol. The number of piperazine rings is 1. The molecule has 0 bridgehead atoms. The summed E-state index contributed by atoms with van der Waals surface area (Å²) in [7, 11) is 0. The summed E-state index contributed by atoms with van der Waals surface area (Å²) in [4.78, 5) is 32.9. The van der Waals surface area contributed by atoms with Gasteiger partial charge in [0.1, 0.15) is 12.3 Å². The van der Waals surface area contributed by atoms with Crippen molar-refractivity contribution in [2.45, 2.75) is 27.0 Å². The molecule has 0 spiro atoms. The van der Waals surface area contributed by atoms with E-state index in [1.807, 2.05) is 60.7 Å². The van der Waals surface area contributed by atoms with Gasteiger partial charge in [-0.3, -0.25) is 14.4 Å². The van der Waals surface area contributed by atoms with Gasteiger partial charge in [-0.05, 0) is 30.8 Å². The quantitative estimate of drug-likeness (QED) is 0.213. The molecule has 1 aromatic heterocycles. The molecule has 1 aliphatic carbocycles. The highest BCUT2D eigenvalue weighted by atomic mass is 35.5. The van der Waals surface area contributed by atoms with E-state index in [4.69, 9.17) is 9.84 Å². The largest absolute Gasteiger partial charge is 0.445 e. The molecule has 1 fully saturated rings. The molecule has 0 radical (unpaired) electrons. The SMILES string of the molecule is CCN(CC)CCn1nc2c3c(c(NCCN4CCN(C(=O)OCc5ccccc5)CC4)ccc31)C(=O)c1ccccc1-2.Cl. The van der Waals surface area contributed by atoms with Crippen LogP contribution in [0.1, 0.15) is 35.3 Å². The van der Waals surface area contributed by atoms with Crippen LogP contribution < -0.4 is 5.32 Å². The van der Waals surface area contributed by atoms with E-state index < -0.39 is 0 Å². The monoisotopic (exact) mass is 616 g/mol. The van der Waals surface area contributed by atoms with E-state index in [2.05, 4.69) is 39.7 Å². The van der Waals surface area contributed by atoms with Gasteiger partial charge in [-0.2, -0.15) is 5.10 Å². The van der Waals surface area contributed by atoms with Gasteiger partial charge in [0, 0.05) is 68.0 Å². The number of nitrogens with zero attached hydrogens (tertiary/aromatic N) is 5. The van der Waals surface area contributed by atoms with Gasteiger partial charge in [-0.25, -0.2) is 4.79 Å². The summed E-state index contributed by atoms with van der Waals surface area (Å²) in [6, 6.07) is 21.7. The molecule has 1 amide bonds. The standard InChI is InChI=1S/C34H40N6O3.ClH/c1-3-37(4-2)20-23-40-29-15-14-28(30-31(29)32(36-40)26-12-8-9-13-27(26)33(30)41)35-16-17-38-18-21-39(22-19-38)34(42)43-24-25-10-6-5-7-11-25;/h5-15,35H,3-4,16-24H2,1-2H3;1H. The predicted octanol–water partition coefficient (Wildman–Crippen LogP) is 5.38. The average Bonchev–Trinajstić information content (AvgIpc) is 3.43. The van der Waals surface area contributed by atoms with Gasteiger partial charge in [0.05, 0.1) is 17.6 Å². The summed E-state index contributed by atoms with van der Waals surface area (Å²) in [5.74, 6) is 0.0436. The summed E-state index contributed by atoms with van der Waals surface area (Å²) in [6.07, 6.45) is -0.263. The van der Waals surface area contributed by atoms with Gasteiger partial charge in [0.2, 0.25) is 0 Å². The maximum Gasteiger partial charge on any atom is 0.410 e. The summed E-state index contributed by atoms with van der Waals surface area (Å²) < 4.78 is 7.57.